The molecule has 5 nitrogen and oxygen atoms in total. The summed E-state index contributed by atoms with van der Waals surface area (Å²) in [7, 11) is 5.56. The highest BCUT2D eigenvalue weighted by Crippen LogP contribution is 2.28. The van der Waals surface area contributed by atoms with Crippen molar-refractivity contribution in [3.8, 4) is 11.5 Å². The van der Waals surface area contributed by atoms with Gasteiger partial charge in [0.2, 0.25) is 0 Å². The molecule has 15 heavy (non-hydrogen) atoms. The molecule has 0 heterocycles. The zero-order chi connectivity index (χ0) is 11.6. The Balaban J connectivity index is 2.96. The number of aromatic hydroxyl groups is 2. The van der Waals surface area contributed by atoms with Gasteiger partial charge in [0.05, 0.1) is 7.85 Å². The van der Waals surface area contributed by atoms with Crippen LogP contribution in [-0.2, 0) is 4.79 Å². The maximum absolute atomic E-state index is 10.5. The summed E-state index contributed by atoms with van der Waals surface area (Å²) in [5.74, 6) is -2.82. The lowest BCUT2D eigenvalue weighted by atomic mass is 9.76. The fourth-order valence-electron chi connectivity index (χ4n) is 1.11. The molecule has 2 radical (unpaired) electrons. The Morgan fingerprint density at radius 2 is 1.93 bits per heavy atom. The van der Waals surface area contributed by atoms with Gasteiger partial charge in [-0.25, -0.2) is 0 Å². The van der Waals surface area contributed by atoms with Gasteiger partial charge in [0.1, 0.15) is 6.04 Å². The first-order valence-electron chi connectivity index (χ1n) is 4.19. The van der Waals surface area contributed by atoms with Gasteiger partial charge in [-0.05, 0) is 23.5 Å². The monoisotopic (exact) mass is 207 g/mol. The summed E-state index contributed by atoms with van der Waals surface area (Å²) in [5.41, 5.74) is 5.66. The summed E-state index contributed by atoms with van der Waals surface area (Å²) >= 11 is 0. The van der Waals surface area contributed by atoms with Crippen molar-refractivity contribution in [2.75, 3.05) is 0 Å². The molecule has 0 aliphatic rings. The molecule has 0 aliphatic carbocycles. The molecule has 1 aromatic carbocycles. The summed E-state index contributed by atoms with van der Waals surface area (Å²) in [5, 5.41) is 26.8. The highest BCUT2D eigenvalue weighted by atomic mass is 16.4. The molecule has 78 valence electrons. The molecule has 0 spiro atoms. The van der Waals surface area contributed by atoms with Crippen LogP contribution in [0.4, 0.5) is 0 Å². The number of benzene rings is 1. The lowest BCUT2D eigenvalue weighted by Gasteiger charge is -2.17. The number of hydrogen-bond donors (Lipinski definition) is 4. The zero-order valence-corrected chi connectivity index (χ0v) is 7.79. The van der Waals surface area contributed by atoms with E-state index in [9.17, 15) is 9.90 Å². The molecule has 0 aliphatic heterocycles. The molecule has 5 N–H and O–H groups in total. The first-order chi connectivity index (χ1) is 6.93. The average Bonchev–Trinajstić information content (AvgIpc) is 2.19. The lowest BCUT2D eigenvalue weighted by molar-refractivity contribution is -0.138. The van der Waals surface area contributed by atoms with Crippen LogP contribution in [0.25, 0.3) is 0 Å². The number of nitrogens with two attached hydrogens (primary N) is 1. The Kier molecular flexibility index (Phi) is 3.21. The van der Waals surface area contributed by atoms with Crippen LogP contribution in [0.2, 0.25) is 0 Å². The van der Waals surface area contributed by atoms with Gasteiger partial charge in [-0.15, -0.1) is 0 Å². The number of phenolic OH excluding ortho intramolecular Hbond substituents is 2. The van der Waals surface area contributed by atoms with E-state index >= 15 is 0 Å². The van der Waals surface area contributed by atoms with Gasteiger partial charge >= 0.3 is 5.97 Å². The van der Waals surface area contributed by atoms with Gasteiger partial charge in [-0.3, -0.25) is 4.79 Å². The van der Waals surface area contributed by atoms with Crippen LogP contribution in [-0.4, -0.2) is 35.2 Å². The number of phenols is 2. The van der Waals surface area contributed by atoms with Crippen molar-refractivity contribution >= 4 is 13.8 Å². The van der Waals surface area contributed by atoms with Gasteiger partial charge in [0, 0.05) is 0 Å². The van der Waals surface area contributed by atoms with Gasteiger partial charge in [0.15, 0.2) is 11.5 Å². The van der Waals surface area contributed by atoms with E-state index < -0.39 is 17.8 Å². The molecular weight excluding hydrogens is 197 g/mol. The van der Waals surface area contributed by atoms with E-state index in [0.29, 0.717) is 5.56 Å². The fraction of sp³-hybridized carbons (Fsp3) is 0.222. The Morgan fingerprint density at radius 1 is 1.33 bits per heavy atom. The van der Waals surface area contributed by atoms with Crippen LogP contribution in [0.3, 0.4) is 0 Å². The molecule has 1 aromatic rings. The van der Waals surface area contributed by atoms with Gasteiger partial charge < -0.3 is 21.1 Å². The Morgan fingerprint density at radius 3 is 2.40 bits per heavy atom. The number of hydrogen-bond acceptors (Lipinski definition) is 4. The van der Waals surface area contributed by atoms with E-state index in [1.807, 2.05) is 0 Å². The second-order valence-corrected chi connectivity index (χ2v) is 3.14. The largest absolute Gasteiger partial charge is 0.504 e. The number of rotatable bonds is 3. The second-order valence-electron chi connectivity index (χ2n) is 3.14. The number of aliphatic carboxylic acids is 1. The summed E-state index contributed by atoms with van der Waals surface area (Å²) in [6.07, 6.45) is 0. The fourth-order valence-corrected chi connectivity index (χ4v) is 1.11. The third-order valence-corrected chi connectivity index (χ3v) is 2.06. The average molecular weight is 207 g/mol. The van der Waals surface area contributed by atoms with Crippen molar-refractivity contribution in [3.63, 3.8) is 0 Å². The van der Waals surface area contributed by atoms with Crippen LogP contribution in [0, 0.1) is 0 Å². The third-order valence-electron chi connectivity index (χ3n) is 2.06. The molecule has 0 aromatic heterocycles. The normalized spacial score (nSPS) is 14.5. The molecule has 0 saturated heterocycles. The van der Waals surface area contributed by atoms with E-state index in [2.05, 4.69) is 0 Å². The predicted octanol–water partition coefficient (Wildman–Crippen LogP) is -0.281. The molecule has 0 saturated carbocycles. The first kappa shape index (κ1) is 11.4. The van der Waals surface area contributed by atoms with Gasteiger partial charge in [0.25, 0.3) is 0 Å². The summed E-state index contributed by atoms with van der Waals surface area (Å²) in [6, 6.07) is 2.55. The first-order valence-corrected chi connectivity index (χ1v) is 4.19. The van der Waals surface area contributed by atoms with Crippen molar-refractivity contribution < 1.29 is 20.1 Å². The maximum atomic E-state index is 10.5. The molecule has 0 bridgehead atoms. The maximum Gasteiger partial charge on any atom is 0.320 e. The molecule has 1 rings (SSSR count). The Labute approximate surface area is 87.6 Å². The van der Waals surface area contributed by atoms with Crippen molar-refractivity contribution in [1.82, 2.24) is 0 Å². The lowest BCUT2D eigenvalue weighted by Crippen LogP contribution is -2.36. The highest BCUT2D eigenvalue weighted by molar-refractivity contribution is 6.14. The van der Waals surface area contributed by atoms with E-state index in [-0.39, 0.29) is 11.5 Å². The predicted molar refractivity (Wildman–Crippen MR) is 53.9 cm³/mol. The molecule has 2 atom stereocenters. The van der Waals surface area contributed by atoms with Crippen molar-refractivity contribution in [3.05, 3.63) is 23.8 Å². The number of carboxylic acid groups (broad SMARTS) is 1. The smallest absolute Gasteiger partial charge is 0.320 e. The van der Waals surface area contributed by atoms with Crippen LogP contribution in [0.15, 0.2) is 18.2 Å². The van der Waals surface area contributed by atoms with E-state index in [1.54, 1.807) is 0 Å². The minimum absolute atomic E-state index is 0.296. The number of carboxylic acids is 1. The minimum Gasteiger partial charge on any atom is -0.504 e. The second kappa shape index (κ2) is 4.23. The SMILES string of the molecule is [B]C(c1ccc(O)c(O)c1)C(N)C(=O)O. The van der Waals surface area contributed by atoms with Crippen LogP contribution in [0.1, 0.15) is 11.4 Å². The van der Waals surface area contributed by atoms with Gasteiger partial charge in [-0.1, -0.05) is 6.07 Å². The van der Waals surface area contributed by atoms with E-state index in [1.165, 1.54) is 18.2 Å². The highest BCUT2D eigenvalue weighted by Gasteiger charge is 2.21. The van der Waals surface area contributed by atoms with E-state index in [4.69, 9.17) is 23.8 Å². The van der Waals surface area contributed by atoms with Crippen molar-refractivity contribution in [2.24, 2.45) is 5.73 Å². The molecule has 0 amide bonds. The minimum atomic E-state index is -1.26. The molecule has 0 fully saturated rings. The summed E-state index contributed by atoms with van der Waals surface area (Å²) < 4.78 is 0. The zero-order valence-electron chi connectivity index (χ0n) is 7.79. The molecule has 6 heteroatoms. The van der Waals surface area contributed by atoms with Crippen LogP contribution >= 0.6 is 0 Å². The third kappa shape index (κ3) is 2.41. The van der Waals surface area contributed by atoms with Crippen LogP contribution in [0.5, 0.6) is 11.5 Å². The Hall–Kier alpha value is -1.69. The quantitative estimate of drug-likeness (QED) is 0.403. The van der Waals surface area contributed by atoms with Crippen LogP contribution < -0.4 is 5.73 Å². The summed E-state index contributed by atoms with van der Waals surface area (Å²) in [6.45, 7) is 0. The summed E-state index contributed by atoms with van der Waals surface area (Å²) in [4.78, 5) is 10.5. The number of carbonyl (C=O) groups is 1. The standard InChI is InChI=1S/C9H10BNO4/c10-7(8(11)9(14)15)4-1-2-5(12)6(13)3-4/h1-3,7-8,12-13H,11H2,(H,14,15). The van der Waals surface area contributed by atoms with Gasteiger partial charge in [-0.2, -0.15) is 0 Å². The molecular formula is C9H10BNO4. The van der Waals surface area contributed by atoms with Crippen molar-refractivity contribution in [1.29, 1.82) is 0 Å². The van der Waals surface area contributed by atoms with Crippen molar-refractivity contribution in [2.45, 2.75) is 11.9 Å². The Bertz CT molecular complexity index is 382. The topological polar surface area (TPSA) is 104 Å². The van der Waals surface area contributed by atoms with E-state index in [0.717, 1.165) is 0 Å². The molecule has 2 unspecified atom stereocenters.